The van der Waals surface area contributed by atoms with Crippen molar-refractivity contribution in [2.24, 2.45) is 5.92 Å². The maximum absolute atomic E-state index is 12.2. The largest absolute Gasteiger partial charge is 0.495 e. The van der Waals surface area contributed by atoms with Crippen LogP contribution in [0, 0.1) is 5.92 Å². The van der Waals surface area contributed by atoms with Crippen molar-refractivity contribution in [3.63, 3.8) is 0 Å². The van der Waals surface area contributed by atoms with Crippen LogP contribution >= 0.6 is 0 Å². The summed E-state index contributed by atoms with van der Waals surface area (Å²) < 4.78 is 31.6. The standard InChI is InChI=1S/C17H25N3O4S/c1-24-15-11-14(18-19-16(15)13-8-9-13)17(21)20-25(22,23)10-4-7-12-5-2-3-6-12/h11-13H,2-10H2,1H3,(H,20,21). The van der Waals surface area contributed by atoms with Gasteiger partial charge in [0.05, 0.1) is 12.9 Å². The number of methoxy groups -OCH3 is 1. The molecule has 0 spiro atoms. The molecular formula is C17H25N3O4S. The van der Waals surface area contributed by atoms with E-state index in [1.807, 2.05) is 0 Å². The van der Waals surface area contributed by atoms with Crippen LogP contribution in [0.2, 0.25) is 0 Å². The molecule has 138 valence electrons. The van der Waals surface area contributed by atoms with Crippen LogP contribution in [-0.2, 0) is 10.0 Å². The second-order valence-electron chi connectivity index (χ2n) is 7.00. The number of nitrogens with zero attached hydrogens (tertiary/aromatic N) is 2. The van der Waals surface area contributed by atoms with Gasteiger partial charge in [0.15, 0.2) is 5.69 Å². The summed E-state index contributed by atoms with van der Waals surface area (Å²) in [6.07, 6.45) is 8.40. The smallest absolute Gasteiger partial charge is 0.285 e. The number of aromatic nitrogens is 2. The van der Waals surface area contributed by atoms with Crippen molar-refractivity contribution in [1.82, 2.24) is 14.9 Å². The molecule has 0 aliphatic heterocycles. The van der Waals surface area contributed by atoms with Crippen molar-refractivity contribution in [3.8, 4) is 5.75 Å². The van der Waals surface area contributed by atoms with E-state index in [-0.39, 0.29) is 11.4 Å². The third-order valence-electron chi connectivity index (χ3n) is 4.95. The van der Waals surface area contributed by atoms with E-state index in [1.54, 1.807) is 0 Å². The quantitative estimate of drug-likeness (QED) is 0.757. The number of hydrogen-bond acceptors (Lipinski definition) is 6. The van der Waals surface area contributed by atoms with E-state index in [1.165, 1.54) is 38.9 Å². The molecule has 0 unspecified atom stereocenters. The predicted molar refractivity (Wildman–Crippen MR) is 93.0 cm³/mol. The highest BCUT2D eigenvalue weighted by Gasteiger charge is 2.30. The fraction of sp³-hybridized carbons (Fsp3) is 0.706. The topological polar surface area (TPSA) is 98.2 Å². The van der Waals surface area contributed by atoms with Gasteiger partial charge in [-0.15, -0.1) is 5.10 Å². The number of carbonyl (C=O) groups excluding carboxylic acids is 1. The van der Waals surface area contributed by atoms with Crippen LogP contribution in [0.3, 0.4) is 0 Å². The van der Waals surface area contributed by atoms with Gasteiger partial charge in [0, 0.05) is 12.0 Å². The Hall–Kier alpha value is -1.70. The van der Waals surface area contributed by atoms with Gasteiger partial charge < -0.3 is 4.74 Å². The summed E-state index contributed by atoms with van der Waals surface area (Å²) in [5.41, 5.74) is 0.694. The van der Waals surface area contributed by atoms with Crippen molar-refractivity contribution in [3.05, 3.63) is 17.5 Å². The second-order valence-corrected chi connectivity index (χ2v) is 8.84. The highest BCUT2D eigenvalue weighted by Crippen LogP contribution is 2.42. The molecular weight excluding hydrogens is 342 g/mol. The maximum atomic E-state index is 12.2. The summed E-state index contributed by atoms with van der Waals surface area (Å²) in [5, 5.41) is 7.92. The van der Waals surface area contributed by atoms with E-state index in [4.69, 9.17) is 4.74 Å². The molecule has 2 aliphatic rings. The van der Waals surface area contributed by atoms with Crippen LogP contribution in [0.1, 0.15) is 73.5 Å². The molecule has 0 bridgehead atoms. The normalized spacial score (nSPS) is 18.3. The molecule has 1 heterocycles. The van der Waals surface area contributed by atoms with Crippen LogP contribution in [0.4, 0.5) is 0 Å². The van der Waals surface area contributed by atoms with Crippen molar-refractivity contribution in [1.29, 1.82) is 0 Å². The maximum Gasteiger partial charge on any atom is 0.285 e. The average Bonchev–Trinajstić information content (AvgIpc) is 3.30. The minimum absolute atomic E-state index is 0.0411. The first-order valence-corrected chi connectivity index (χ1v) is 10.6. The highest BCUT2D eigenvalue weighted by molar-refractivity contribution is 7.90. The number of nitrogens with one attached hydrogen (secondary N) is 1. The molecule has 7 nitrogen and oxygen atoms in total. The summed E-state index contributed by atoms with van der Waals surface area (Å²) in [5.74, 6) is 0.658. The Labute approximate surface area is 148 Å². The van der Waals surface area contributed by atoms with Crippen molar-refractivity contribution in [2.45, 2.75) is 57.3 Å². The number of rotatable bonds is 8. The first kappa shape index (κ1) is 18.1. The van der Waals surface area contributed by atoms with Gasteiger partial charge in [-0.2, -0.15) is 5.10 Å². The third-order valence-corrected chi connectivity index (χ3v) is 6.27. The molecule has 1 N–H and O–H groups in total. The Morgan fingerprint density at radius 3 is 2.60 bits per heavy atom. The Bertz CT molecular complexity index is 725. The van der Waals surface area contributed by atoms with E-state index in [0.29, 0.717) is 24.0 Å². The zero-order valence-electron chi connectivity index (χ0n) is 14.5. The lowest BCUT2D eigenvalue weighted by Gasteiger charge is -2.10. The van der Waals surface area contributed by atoms with Crippen molar-refractivity contribution < 1.29 is 17.9 Å². The molecule has 2 saturated carbocycles. The molecule has 0 atom stereocenters. The molecule has 25 heavy (non-hydrogen) atoms. The zero-order valence-corrected chi connectivity index (χ0v) is 15.3. The number of carbonyl (C=O) groups is 1. The fourth-order valence-corrected chi connectivity index (χ4v) is 4.44. The summed E-state index contributed by atoms with van der Waals surface area (Å²) in [6.45, 7) is 0. The van der Waals surface area contributed by atoms with Gasteiger partial charge in [0.25, 0.3) is 5.91 Å². The first-order chi connectivity index (χ1) is 12.0. The third kappa shape index (κ3) is 4.90. The number of amides is 1. The SMILES string of the molecule is COc1cc(C(=O)NS(=O)(=O)CCCC2CCCC2)nnc1C1CC1. The van der Waals surface area contributed by atoms with E-state index < -0.39 is 15.9 Å². The Kier molecular flexibility index (Phi) is 5.56. The minimum atomic E-state index is -3.66. The number of ether oxygens (including phenoxy) is 1. The van der Waals surface area contributed by atoms with Gasteiger partial charge in [-0.25, -0.2) is 13.1 Å². The summed E-state index contributed by atoms with van der Waals surface area (Å²) in [6, 6.07) is 1.46. The highest BCUT2D eigenvalue weighted by atomic mass is 32.2. The first-order valence-electron chi connectivity index (χ1n) is 8.95. The fourth-order valence-electron chi connectivity index (χ4n) is 3.40. The van der Waals surface area contributed by atoms with Gasteiger partial charge in [-0.1, -0.05) is 25.7 Å². The van der Waals surface area contributed by atoms with Gasteiger partial charge >= 0.3 is 0 Å². The average molecular weight is 367 g/mol. The van der Waals surface area contributed by atoms with Crippen LogP contribution < -0.4 is 9.46 Å². The lowest BCUT2D eigenvalue weighted by atomic mass is 10.0. The molecule has 3 rings (SSSR count). The molecule has 1 aromatic rings. The molecule has 0 radical (unpaired) electrons. The van der Waals surface area contributed by atoms with Gasteiger partial charge in [-0.3, -0.25) is 4.79 Å². The summed E-state index contributed by atoms with van der Waals surface area (Å²) in [7, 11) is -2.16. The van der Waals surface area contributed by atoms with Crippen molar-refractivity contribution in [2.75, 3.05) is 12.9 Å². The van der Waals surface area contributed by atoms with Crippen LogP contribution in [0.25, 0.3) is 0 Å². The molecule has 8 heteroatoms. The predicted octanol–water partition coefficient (Wildman–Crippen LogP) is 2.39. The van der Waals surface area contributed by atoms with Gasteiger partial charge in [0.1, 0.15) is 11.4 Å². The molecule has 2 fully saturated rings. The molecule has 1 aromatic heterocycles. The van der Waals surface area contributed by atoms with E-state index in [9.17, 15) is 13.2 Å². The lowest BCUT2D eigenvalue weighted by molar-refractivity contribution is 0.0975. The monoisotopic (exact) mass is 367 g/mol. The zero-order chi connectivity index (χ0) is 17.9. The Morgan fingerprint density at radius 1 is 1.24 bits per heavy atom. The molecule has 1 amide bonds. The van der Waals surface area contributed by atoms with Crippen LogP contribution in [-0.4, -0.2) is 37.4 Å². The molecule has 0 aromatic carbocycles. The minimum Gasteiger partial charge on any atom is -0.495 e. The van der Waals surface area contributed by atoms with Gasteiger partial charge in [0.2, 0.25) is 10.0 Å². The van der Waals surface area contributed by atoms with E-state index in [0.717, 1.165) is 25.0 Å². The Balaban J connectivity index is 1.56. The summed E-state index contributed by atoms with van der Waals surface area (Å²) >= 11 is 0. The lowest BCUT2D eigenvalue weighted by Crippen LogP contribution is -2.33. The molecule has 2 aliphatic carbocycles. The van der Waals surface area contributed by atoms with E-state index in [2.05, 4.69) is 14.9 Å². The number of hydrogen-bond donors (Lipinski definition) is 1. The second kappa shape index (κ2) is 7.68. The van der Waals surface area contributed by atoms with Crippen LogP contribution in [0.15, 0.2) is 6.07 Å². The van der Waals surface area contributed by atoms with E-state index >= 15 is 0 Å². The number of sulfonamides is 1. The van der Waals surface area contributed by atoms with Gasteiger partial charge in [-0.05, 0) is 31.6 Å². The Morgan fingerprint density at radius 2 is 1.96 bits per heavy atom. The van der Waals surface area contributed by atoms with Crippen LogP contribution in [0.5, 0.6) is 5.75 Å². The van der Waals surface area contributed by atoms with Crippen molar-refractivity contribution >= 4 is 15.9 Å². The summed E-state index contributed by atoms with van der Waals surface area (Å²) in [4.78, 5) is 12.2. The molecule has 0 saturated heterocycles.